The minimum absolute atomic E-state index is 0.332. The highest BCUT2D eigenvalue weighted by atomic mass is 32.2. The SMILES string of the molecule is CNC(CCC(C)C)C1CCS(=O)(=O)C1. The summed E-state index contributed by atoms with van der Waals surface area (Å²) in [5.41, 5.74) is 0. The Hall–Kier alpha value is -0.0900. The molecule has 1 fully saturated rings. The fraction of sp³-hybridized carbons (Fsp3) is 1.00. The summed E-state index contributed by atoms with van der Waals surface area (Å²) in [4.78, 5) is 0. The van der Waals surface area contributed by atoms with Crippen LogP contribution in [0.25, 0.3) is 0 Å². The van der Waals surface area contributed by atoms with Gasteiger partial charge in [0.15, 0.2) is 9.84 Å². The molecule has 0 amide bonds. The summed E-state index contributed by atoms with van der Waals surface area (Å²) in [5.74, 6) is 1.80. The maximum Gasteiger partial charge on any atom is 0.150 e. The largest absolute Gasteiger partial charge is 0.317 e. The van der Waals surface area contributed by atoms with Gasteiger partial charge in [0, 0.05) is 6.04 Å². The Kier molecular flexibility index (Phi) is 4.59. The first-order valence-corrected chi connectivity index (χ1v) is 7.64. The maximum absolute atomic E-state index is 11.4. The van der Waals surface area contributed by atoms with Crippen molar-refractivity contribution in [1.29, 1.82) is 0 Å². The van der Waals surface area contributed by atoms with Crippen molar-refractivity contribution in [1.82, 2.24) is 5.32 Å². The maximum atomic E-state index is 11.4. The molecule has 0 aromatic heterocycles. The van der Waals surface area contributed by atoms with Crippen LogP contribution in [0.1, 0.15) is 33.1 Å². The van der Waals surface area contributed by atoms with Crippen LogP contribution in [0.5, 0.6) is 0 Å². The van der Waals surface area contributed by atoms with E-state index in [1.165, 1.54) is 6.42 Å². The average Bonchev–Trinajstić information content (AvgIpc) is 2.47. The van der Waals surface area contributed by atoms with Gasteiger partial charge in [0.05, 0.1) is 11.5 Å². The number of hydrogen-bond acceptors (Lipinski definition) is 3. The Morgan fingerprint density at radius 3 is 2.40 bits per heavy atom. The van der Waals surface area contributed by atoms with Gasteiger partial charge in [-0.2, -0.15) is 0 Å². The van der Waals surface area contributed by atoms with Crippen LogP contribution < -0.4 is 5.32 Å². The first-order chi connectivity index (χ1) is 6.94. The van der Waals surface area contributed by atoms with Crippen molar-refractivity contribution in [2.24, 2.45) is 11.8 Å². The van der Waals surface area contributed by atoms with Crippen LogP contribution in [0.15, 0.2) is 0 Å². The lowest BCUT2D eigenvalue weighted by atomic mass is 9.92. The third kappa shape index (κ3) is 4.11. The molecule has 1 N–H and O–H groups in total. The van der Waals surface area contributed by atoms with Gasteiger partial charge >= 0.3 is 0 Å². The summed E-state index contributed by atoms with van der Waals surface area (Å²) in [7, 11) is -0.789. The van der Waals surface area contributed by atoms with Gasteiger partial charge in [0.25, 0.3) is 0 Å². The molecular formula is C11H23NO2S. The molecule has 90 valence electrons. The fourth-order valence-electron chi connectivity index (χ4n) is 2.27. The van der Waals surface area contributed by atoms with Crippen LogP contribution >= 0.6 is 0 Å². The third-order valence-electron chi connectivity index (χ3n) is 3.26. The second-order valence-electron chi connectivity index (χ2n) is 5.03. The molecule has 1 saturated heterocycles. The molecular weight excluding hydrogens is 210 g/mol. The van der Waals surface area contributed by atoms with Crippen molar-refractivity contribution >= 4 is 9.84 Å². The number of nitrogens with one attached hydrogen (secondary N) is 1. The molecule has 1 heterocycles. The van der Waals surface area contributed by atoms with Gasteiger partial charge in [-0.15, -0.1) is 0 Å². The Bertz CT molecular complexity index is 285. The lowest BCUT2D eigenvalue weighted by Gasteiger charge is -2.22. The predicted octanol–water partition coefficient (Wildman–Crippen LogP) is 1.45. The fourth-order valence-corrected chi connectivity index (χ4v) is 4.15. The second-order valence-corrected chi connectivity index (χ2v) is 7.26. The van der Waals surface area contributed by atoms with E-state index in [0.717, 1.165) is 12.8 Å². The van der Waals surface area contributed by atoms with Gasteiger partial charge in [-0.05, 0) is 38.1 Å². The van der Waals surface area contributed by atoms with Crippen LogP contribution in [0.4, 0.5) is 0 Å². The quantitative estimate of drug-likeness (QED) is 0.781. The van der Waals surface area contributed by atoms with Crippen LogP contribution in [0.2, 0.25) is 0 Å². The Labute approximate surface area is 93.6 Å². The normalized spacial score (nSPS) is 27.1. The van der Waals surface area contributed by atoms with E-state index >= 15 is 0 Å². The standard InChI is InChI=1S/C11H23NO2S/c1-9(2)4-5-11(12-3)10-6-7-15(13,14)8-10/h9-12H,4-8H2,1-3H3. The summed E-state index contributed by atoms with van der Waals surface area (Å²) in [5, 5.41) is 3.27. The molecule has 1 rings (SSSR count). The highest BCUT2D eigenvalue weighted by Gasteiger charge is 2.32. The first kappa shape index (κ1) is 13.0. The van der Waals surface area contributed by atoms with Crippen molar-refractivity contribution in [2.45, 2.75) is 39.2 Å². The molecule has 0 radical (unpaired) electrons. The molecule has 15 heavy (non-hydrogen) atoms. The van der Waals surface area contributed by atoms with Crippen LogP contribution in [0.3, 0.4) is 0 Å². The molecule has 0 bridgehead atoms. The molecule has 0 aromatic rings. The number of hydrogen-bond donors (Lipinski definition) is 1. The Morgan fingerprint density at radius 2 is 2.00 bits per heavy atom. The summed E-state index contributed by atoms with van der Waals surface area (Å²) >= 11 is 0. The lowest BCUT2D eigenvalue weighted by Crippen LogP contribution is -2.34. The molecule has 2 atom stereocenters. The van der Waals surface area contributed by atoms with Crippen molar-refractivity contribution in [3.8, 4) is 0 Å². The van der Waals surface area contributed by atoms with E-state index in [1.54, 1.807) is 0 Å². The van der Waals surface area contributed by atoms with Crippen LogP contribution in [-0.2, 0) is 9.84 Å². The van der Waals surface area contributed by atoms with Crippen LogP contribution in [-0.4, -0.2) is 33.0 Å². The zero-order valence-electron chi connectivity index (χ0n) is 9.99. The first-order valence-electron chi connectivity index (χ1n) is 5.82. The zero-order valence-corrected chi connectivity index (χ0v) is 10.8. The van der Waals surface area contributed by atoms with Gasteiger partial charge in [-0.3, -0.25) is 0 Å². The second kappa shape index (κ2) is 5.30. The highest BCUT2D eigenvalue weighted by Crippen LogP contribution is 2.24. The number of sulfone groups is 1. The van der Waals surface area contributed by atoms with Gasteiger partial charge in [0.2, 0.25) is 0 Å². The molecule has 1 aliphatic rings. The summed E-state index contributed by atoms with van der Waals surface area (Å²) < 4.78 is 22.7. The van der Waals surface area contributed by atoms with Crippen molar-refractivity contribution in [2.75, 3.05) is 18.6 Å². The van der Waals surface area contributed by atoms with Gasteiger partial charge in [-0.1, -0.05) is 13.8 Å². The molecule has 2 unspecified atom stereocenters. The summed E-state index contributed by atoms with van der Waals surface area (Å²) in [6.07, 6.45) is 3.10. The summed E-state index contributed by atoms with van der Waals surface area (Å²) in [6, 6.07) is 0.379. The van der Waals surface area contributed by atoms with Gasteiger partial charge < -0.3 is 5.32 Å². The van der Waals surface area contributed by atoms with Gasteiger partial charge in [0.1, 0.15) is 0 Å². The zero-order chi connectivity index (χ0) is 11.5. The van der Waals surface area contributed by atoms with Crippen LogP contribution in [0, 0.1) is 11.8 Å². The molecule has 3 nitrogen and oxygen atoms in total. The van der Waals surface area contributed by atoms with E-state index in [1.807, 2.05) is 7.05 Å². The highest BCUT2D eigenvalue weighted by molar-refractivity contribution is 7.91. The van der Waals surface area contributed by atoms with Gasteiger partial charge in [-0.25, -0.2) is 8.42 Å². The molecule has 0 saturated carbocycles. The predicted molar refractivity (Wildman–Crippen MR) is 63.7 cm³/mol. The number of rotatable bonds is 5. The molecule has 1 aliphatic heterocycles. The minimum atomic E-state index is -2.73. The van der Waals surface area contributed by atoms with E-state index in [-0.39, 0.29) is 0 Å². The van der Waals surface area contributed by atoms with E-state index in [0.29, 0.717) is 29.4 Å². The van der Waals surface area contributed by atoms with E-state index in [2.05, 4.69) is 19.2 Å². The Morgan fingerprint density at radius 1 is 1.33 bits per heavy atom. The topological polar surface area (TPSA) is 46.2 Å². The summed E-state index contributed by atoms with van der Waals surface area (Å²) in [6.45, 7) is 4.41. The third-order valence-corrected chi connectivity index (χ3v) is 5.06. The smallest absolute Gasteiger partial charge is 0.150 e. The Balaban J connectivity index is 2.46. The minimum Gasteiger partial charge on any atom is -0.317 e. The monoisotopic (exact) mass is 233 g/mol. The van der Waals surface area contributed by atoms with Crippen molar-refractivity contribution in [3.05, 3.63) is 0 Å². The molecule has 0 aromatic carbocycles. The van der Waals surface area contributed by atoms with E-state index in [4.69, 9.17) is 0 Å². The molecule has 0 aliphatic carbocycles. The lowest BCUT2D eigenvalue weighted by molar-refractivity contribution is 0.356. The van der Waals surface area contributed by atoms with E-state index in [9.17, 15) is 8.42 Å². The average molecular weight is 233 g/mol. The van der Waals surface area contributed by atoms with Crippen molar-refractivity contribution in [3.63, 3.8) is 0 Å². The van der Waals surface area contributed by atoms with Crippen molar-refractivity contribution < 1.29 is 8.42 Å². The molecule has 0 spiro atoms. The molecule has 4 heteroatoms. The van der Waals surface area contributed by atoms with E-state index < -0.39 is 9.84 Å².